The van der Waals surface area contributed by atoms with Crippen LogP contribution in [-0.4, -0.2) is 34.2 Å². The number of aryl methyl sites for hydroxylation is 2. The van der Waals surface area contributed by atoms with Crippen molar-refractivity contribution in [3.05, 3.63) is 56.9 Å². The van der Waals surface area contributed by atoms with Crippen LogP contribution in [0.2, 0.25) is 0 Å². The van der Waals surface area contributed by atoms with Crippen LogP contribution in [0.4, 0.5) is 5.69 Å². The molecule has 0 spiro atoms. The minimum Gasteiger partial charge on any atom is -0.495 e. The number of carbonyl (C=O) groups excluding carboxylic acids is 1. The lowest BCUT2D eigenvalue weighted by Gasteiger charge is -2.14. The number of fused-ring (bicyclic) bond motifs is 1. The third kappa shape index (κ3) is 3.58. The Hall–Kier alpha value is -3.62. The Kier molecular flexibility index (Phi) is 5.67. The molecular weight excluding hydrogens is 376 g/mol. The van der Waals surface area contributed by atoms with Crippen LogP contribution < -0.4 is 26.0 Å². The number of ether oxygens (including phenoxy) is 2. The Balaban J connectivity index is 2.09. The number of nitrogens with one attached hydrogen (secondary N) is 1. The summed E-state index contributed by atoms with van der Waals surface area (Å²) in [7, 11) is 4.44. The first-order valence-corrected chi connectivity index (χ1v) is 9.01. The Morgan fingerprint density at radius 2 is 1.90 bits per heavy atom. The SMILES string of the molecule is CCc1cnc2c(c1OC)c(=O)n(CC(=O)Nc1ccccc1OC)c(=O)n2C. The molecule has 152 valence electrons. The number of anilines is 1. The molecule has 2 heterocycles. The average molecular weight is 398 g/mol. The Bertz CT molecular complexity index is 1200. The molecule has 9 nitrogen and oxygen atoms in total. The van der Waals surface area contributed by atoms with Gasteiger partial charge in [0, 0.05) is 18.8 Å². The first-order valence-electron chi connectivity index (χ1n) is 9.01. The molecule has 2 aromatic heterocycles. The number of benzene rings is 1. The van der Waals surface area contributed by atoms with Crippen molar-refractivity contribution in [1.82, 2.24) is 14.1 Å². The summed E-state index contributed by atoms with van der Waals surface area (Å²) in [6, 6.07) is 6.86. The predicted molar refractivity (Wildman–Crippen MR) is 109 cm³/mol. The second-order valence-electron chi connectivity index (χ2n) is 6.35. The number of methoxy groups -OCH3 is 2. The second kappa shape index (κ2) is 8.17. The fraction of sp³-hybridized carbons (Fsp3) is 0.300. The molecule has 3 aromatic rings. The predicted octanol–water partition coefficient (Wildman–Crippen LogP) is 1.31. The number of rotatable bonds is 6. The molecule has 0 aliphatic rings. The van der Waals surface area contributed by atoms with Crippen molar-refractivity contribution in [3.63, 3.8) is 0 Å². The molecular formula is C20H22N4O5. The first kappa shape index (κ1) is 20.1. The van der Waals surface area contributed by atoms with Gasteiger partial charge in [0.1, 0.15) is 23.4 Å². The van der Waals surface area contributed by atoms with E-state index in [1.807, 2.05) is 6.92 Å². The Labute approximate surface area is 166 Å². The van der Waals surface area contributed by atoms with Crippen LogP contribution in [0.3, 0.4) is 0 Å². The normalized spacial score (nSPS) is 10.8. The van der Waals surface area contributed by atoms with Crippen molar-refractivity contribution >= 4 is 22.6 Å². The zero-order valence-corrected chi connectivity index (χ0v) is 16.7. The monoisotopic (exact) mass is 398 g/mol. The second-order valence-corrected chi connectivity index (χ2v) is 6.35. The van der Waals surface area contributed by atoms with Gasteiger partial charge in [-0.15, -0.1) is 0 Å². The lowest BCUT2D eigenvalue weighted by atomic mass is 10.1. The van der Waals surface area contributed by atoms with Crippen molar-refractivity contribution in [2.45, 2.75) is 19.9 Å². The third-order valence-corrected chi connectivity index (χ3v) is 4.65. The topological polar surface area (TPSA) is 104 Å². The standard InChI is InChI=1S/C20H22N4O5/c1-5-12-10-21-18-16(17(12)29-4)19(26)24(20(27)23(18)2)11-15(25)22-13-8-6-7-9-14(13)28-3/h6-10H,5,11H2,1-4H3,(H,22,25). The van der Waals surface area contributed by atoms with Crippen LogP contribution in [0.1, 0.15) is 12.5 Å². The van der Waals surface area contributed by atoms with Gasteiger partial charge >= 0.3 is 5.69 Å². The molecule has 0 fully saturated rings. The first-order chi connectivity index (χ1) is 13.9. The molecule has 0 atom stereocenters. The molecule has 1 amide bonds. The molecule has 1 N–H and O–H groups in total. The highest BCUT2D eigenvalue weighted by Crippen LogP contribution is 2.25. The maximum Gasteiger partial charge on any atom is 0.332 e. The van der Waals surface area contributed by atoms with E-state index in [0.29, 0.717) is 23.6 Å². The van der Waals surface area contributed by atoms with E-state index in [-0.39, 0.29) is 11.0 Å². The Morgan fingerprint density at radius 1 is 1.17 bits per heavy atom. The molecule has 0 bridgehead atoms. The van der Waals surface area contributed by atoms with Crippen molar-refractivity contribution in [3.8, 4) is 11.5 Å². The van der Waals surface area contributed by atoms with Gasteiger partial charge in [0.15, 0.2) is 5.65 Å². The summed E-state index contributed by atoms with van der Waals surface area (Å²) in [6.07, 6.45) is 2.18. The number of hydrogen-bond acceptors (Lipinski definition) is 6. The molecule has 0 saturated carbocycles. The molecule has 9 heteroatoms. The van der Waals surface area contributed by atoms with Gasteiger partial charge in [0.05, 0.1) is 19.9 Å². The summed E-state index contributed by atoms with van der Waals surface area (Å²) in [5, 5.41) is 2.83. The maximum atomic E-state index is 13.1. The number of amides is 1. The van der Waals surface area contributed by atoms with Crippen molar-refractivity contribution in [1.29, 1.82) is 0 Å². The summed E-state index contributed by atoms with van der Waals surface area (Å²) in [5.41, 5.74) is 0.115. The van der Waals surface area contributed by atoms with E-state index < -0.39 is 23.7 Å². The van der Waals surface area contributed by atoms with Gasteiger partial charge in [0.2, 0.25) is 5.91 Å². The number of nitrogens with zero attached hydrogens (tertiary/aromatic N) is 3. The van der Waals surface area contributed by atoms with Gasteiger partial charge in [-0.3, -0.25) is 14.2 Å². The highest BCUT2D eigenvalue weighted by Gasteiger charge is 2.20. The molecule has 0 unspecified atom stereocenters. The molecule has 1 aromatic carbocycles. The summed E-state index contributed by atoms with van der Waals surface area (Å²) < 4.78 is 12.7. The lowest BCUT2D eigenvalue weighted by molar-refractivity contribution is -0.116. The minimum atomic E-state index is -0.642. The Morgan fingerprint density at radius 3 is 2.55 bits per heavy atom. The highest BCUT2D eigenvalue weighted by molar-refractivity contribution is 5.92. The van der Waals surface area contributed by atoms with E-state index in [1.165, 1.54) is 25.8 Å². The van der Waals surface area contributed by atoms with E-state index in [0.717, 1.165) is 10.1 Å². The molecule has 0 aliphatic heterocycles. The molecule has 0 radical (unpaired) electrons. The zero-order chi connectivity index (χ0) is 21.1. The summed E-state index contributed by atoms with van der Waals surface area (Å²) in [6.45, 7) is 1.45. The number of aromatic nitrogens is 3. The molecule has 0 saturated heterocycles. The minimum absolute atomic E-state index is 0.166. The van der Waals surface area contributed by atoms with Gasteiger partial charge in [-0.05, 0) is 18.6 Å². The van der Waals surface area contributed by atoms with E-state index in [1.54, 1.807) is 30.5 Å². The number of hydrogen-bond donors (Lipinski definition) is 1. The van der Waals surface area contributed by atoms with Crippen LogP contribution in [0.25, 0.3) is 11.0 Å². The van der Waals surface area contributed by atoms with Gasteiger partial charge < -0.3 is 14.8 Å². The summed E-state index contributed by atoms with van der Waals surface area (Å²) >= 11 is 0. The van der Waals surface area contributed by atoms with Crippen molar-refractivity contribution < 1.29 is 14.3 Å². The largest absolute Gasteiger partial charge is 0.495 e. The van der Waals surface area contributed by atoms with Crippen LogP contribution in [0.5, 0.6) is 11.5 Å². The molecule has 3 rings (SSSR count). The van der Waals surface area contributed by atoms with E-state index in [4.69, 9.17) is 9.47 Å². The van der Waals surface area contributed by atoms with Gasteiger partial charge in [0.25, 0.3) is 5.56 Å². The maximum absolute atomic E-state index is 13.1. The molecule has 29 heavy (non-hydrogen) atoms. The zero-order valence-electron chi connectivity index (χ0n) is 16.7. The third-order valence-electron chi connectivity index (χ3n) is 4.65. The number of carbonyl (C=O) groups is 1. The van der Waals surface area contributed by atoms with Crippen LogP contribution in [-0.2, 0) is 24.8 Å². The average Bonchev–Trinajstić information content (AvgIpc) is 2.74. The quantitative estimate of drug-likeness (QED) is 0.671. The molecule has 0 aliphatic carbocycles. The van der Waals surface area contributed by atoms with Gasteiger partial charge in [-0.2, -0.15) is 0 Å². The van der Waals surface area contributed by atoms with Gasteiger partial charge in [-0.1, -0.05) is 19.1 Å². The number of pyridine rings is 1. The smallest absolute Gasteiger partial charge is 0.332 e. The van der Waals surface area contributed by atoms with Crippen LogP contribution >= 0.6 is 0 Å². The van der Waals surface area contributed by atoms with Crippen molar-refractivity contribution in [2.75, 3.05) is 19.5 Å². The fourth-order valence-corrected chi connectivity index (χ4v) is 3.17. The van der Waals surface area contributed by atoms with Crippen LogP contribution in [0.15, 0.2) is 40.1 Å². The van der Waals surface area contributed by atoms with E-state index in [9.17, 15) is 14.4 Å². The van der Waals surface area contributed by atoms with E-state index in [2.05, 4.69) is 10.3 Å². The van der Waals surface area contributed by atoms with Gasteiger partial charge in [-0.25, -0.2) is 14.3 Å². The van der Waals surface area contributed by atoms with Crippen LogP contribution in [0, 0.1) is 0 Å². The lowest BCUT2D eigenvalue weighted by Crippen LogP contribution is -2.42. The van der Waals surface area contributed by atoms with E-state index >= 15 is 0 Å². The summed E-state index contributed by atoms with van der Waals surface area (Å²) in [5.74, 6) is 0.293. The van der Waals surface area contributed by atoms with Crippen molar-refractivity contribution in [2.24, 2.45) is 7.05 Å². The summed E-state index contributed by atoms with van der Waals surface area (Å²) in [4.78, 5) is 42.6. The highest BCUT2D eigenvalue weighted by atomic mass is 16.5. The fourth-order valence-electron chi connectivity index (χ4n) is 3.17. The number of para-hydroxylation sites is 2.